The third-order valence-corrected chi connectivity index (χ3v) is 5.69. The highest BCUT2D eigenvalue weighted by Gasteiger charge is 2.31. The lowest BCUT2D eigenvalue weighted by atomic mass is 10.1. The third-order valence-electron chi connectivity index (χ3n) is 4.45. The number of carbonyl (C=O) groups excluding carboxylic acids is 1. The molecule has 1 saturated heterocycles. The fourth-order valence-corrected chi connectivity index (χ4v) is 4.46. The number of amides is 2. The molecule has 0 aromatic heterocycles. The fraction of sp³-hybridized carbons (Fsp3) is 0.350. The summed E-state index contributed by atoms with van der Waals surface area (Å²) in [6, 6.07) is 11.6. The van der Waals surface area contributed by atoms with Crippen molar-refractivity contribution < 1.29 is 14.3 Å². The largest absolute Gasteiger partial charge is 0.497 e. The summed E-state index contributed by atoms with van der Waals surface area (Å²) in [5.74, 6) is 2.20. The molecule has 0 saturated carbocycles. The Morgan fingerprint density at radius 1 is 1.12 bits per heavy atom. The molecular formula is C20H24N2O3S. The van der Waals surface area contributed by atoms with E-state index in [2.05, 4.69) is 37.4 Å². The van der Waals surface area contributed by atoms with E-state index in [9.17, 15) is 4.79 Å². The van der Waals surface area contributed by atoms with Gasteiger partial charge in [0.1, 0.15) is 16.9 Å². The number of anilines is 1. The number of ether oxygens (including phenoxy) is 2. The van der Waals surface area contributed by atoms with E-state index in [1.54, 1.807) is 44.2 Å². The second kappa shape index (κ2) is 7.91. The average molecular weight is 372 g/mol. The number of nitrogens with zero attached hydrogens (tertiary/aromatic N) is 1. The Kier molecular flexibility index (Phi) is 5.61. The second-order valence-corrected chi connectivity index (χ2v) is 7.50. The lowest BCUT2D eigenvalue weighted by molar-refractivity contribution is 0.214. The third kappa shape index (κ3) is 3.90. The van der Waals surface area contributed by atoms with Crippen LogP contribution in [0.3, 0.4) is 0 Å². The summed E-state index contributed by atoms with van der Waals surface area (Å²) in [5.41, 5.74) is 4.29. The molecule has 1 aliphatic heterocycles. The molecule has 1 N–H and O–H groups in total. The molecule has 2 amide bonds. The van der Waals surface area contributed by atoms with E-state index in [-0.39, 0.29) is 11.4 Å². The highest BCUT2D eigenvalue weighted by molar-refractivity contribution is 7.99. The van der Waals surface area contributed by atoms with E-state index >= 15 is 0 Å². The number of rotatable bonds is 4. The van der Waals surface area contributed by atoms with Gasteiger partial charge in [-0.15, -0.1) is 11.8 Å². The topological polar surface area (TPSA) is 50.8 Å². The van der Waals surface area contributed by atoms with Gasteiger partial charge in [-0.3, -0.25) is 0 Å². The van der Waals surface area contributed by atoms with E-state index in [4.69, 9.17) is 9.47 Å². The van der Waals surface area contributed by atoms with Gasteiger partial charge in [0.2, 0.25) is 0 Å². The van der Waals surface area contributed by atoms with E-state index in [0.29, 0.717) is 17.2 Å². The maximum atomic E-state index is 12.9. The van der Waals surface area contributed by atoms with Crippen LogP contribution in [0.4, 0.5) is 10.5 Å². The van der Waals surface area contributed by atoms with Crippen molar-refractivity contribution in [3.63, 3.8) is 0 Å². The zero-order valence-corrected chi connectivity index (χ0v) is 16.4. The molecule has 138 valence electrons. The molecule has 0 bridgehead atoms. The normalized spacial score (nSPS) is 16.5. The molecule has 1 aliphatic rings. The smallest absolute Gasteiger partial charge is 0.323 e. The minimum Gasteiger partial charge on any atom is -0.497 e. The molecule has 2 aromatic carbocycles. The Balaban J connectivity index is 1.80. The van der Waals surface area contributed by atoms with Gasteiger partial charge in [0.25, 0.3) is 0 Å². The van der Waals surface area contributed by atoms with Crippen molar-refractivity contribution >= 4 is 23.5 Å². The number of carbonyl (C=O) groups is 1. The van der Waals surface area contributed by atoms with Gasteiger partial charge >= 0.3 is 6.03 Å². The summed E-state index contributed by atoms with van der Waals surface area (Å²) in [7, 11) is 3.18. The van der Waals surface area contributed by atoms with Crippen molar-refractivity contribution in [1.29, 1.82) is 0 Å². The van der Waals surface area contributed by atoms with Crippen molar-refractivity contribution in [2.24, 2.45) is 0 Å². The Morgan fingerprint density at radius 3 is 2.42 bits per heavy atom. The second-order valence-electron chi connectivity index (χ2n) is 6.31. The Labute approximate surface area is 158 Å². The van der Waals surface area contributed by atoms with Gasteiger partial charge in [0.15, 0.2) is 0 Å². The molecule has 5 nitrogen and oxygen atoms in total. The predicted molar refractivity (Wildman–Crippen MR) is 106 cm³/mol. The predicted octanol–water partition coefficient (Wildman–Crippen LogP) is 4.60. The van der Waals surface area contributed by atoms with E-state index in [1.807, 2.05) is 4.90 Å². The van der Waals surface area contributed by atoms with Crippen LogP contribution >= 0.6 is 11.8 Å². The summed E-state index contributed by atoms with van der Waals surface area (Å²) >= 11 is 1.79. The standard InChI is InChI=1S/C20H24N2O3S/c1-13-5-6-18(14(2)9-13)19-22(7-8-26-19)20(23)21-15-10-16(24-3)12-17(11-15)25-4/h5-6,9-12,19H,7-8H2,1-4H3,(H,21,23)/t19-/m0/s1. The monoisotopic (exact) mass is 372 g/mol. The highest BCUT2D eigenvalue weighted by atomic mass is 32.2. The van der Waals surface area contributed by atoms with Gasteiger partial charge in [-0.05, 0) is 25.0 Å². The lowest BCUT2D eigenvalue weighted by Crippen LogP contribution is -2.34. The molecule has 6 heteroatoms. The first-order valence-electron chi connectivity index (χ1n) is 8.51. The maximum absolute atomic E-state index is 12.9. The zero-order chi connectivity index (χ0) is 18.7. The van der Waals surface area contributed by atoms with Crippen LogP contribution in [0, 0.1) is 13.8 Å². The maximum Gasteiger partial charge on any atom is 0.323 e. The number of aryl methyl sites for hydroxylation is 2. The molecule has 0 spiro atoms. The molecule has 2 aromatic rings. The highest BCUT2D eigenvalue weighted by Crippen LogP contribution is 2.40. The first kappa shape index (κ1) is 18.5. The SMILES string of the molecule is COc1cc(NC(=O)N2CCS[C@H]2c2ccc(C)cc2C)cc(OC)c1. The zero-order valence-electron chi connectivity index (χ0n) is 15.5. The fourth-order valence-electron chi connectivity index (χ4n) is 3.11. The van der Waals surface area contributed by atoms with Gasteiger partial charge in [-0.2, -0.15) is 0 Å². The number of thioether (sulfide) groups is 1. The van der Waals surface area contributed by atoms with Crippen LogP contribution in [0.15, 0.2) is 36.4 Å². The Bertz CT molecular complexity index is 787. The number of urea groups is 1. The lowest BCUT2D eigenvalue weighted by Gasteiger charge is -2.26. The van der Waals surface area contributed by atoms with Gasteiger partial charge in [0.05, 0.1) is 14.2 Å². The molecule has 1 fully saturated rings. The summed E-state index contributed by atoms with van der Waals surface area (Å²) in [6.07, 6.45) is 0. The van der Waals surface area contributed by atoms with Crippen LogP contribution in [0.1, 0.15) is 22.1 Å². The van der Waals surface area contributed by atoms with E-state index in [1.165, 1.54) is 16.7 Å². The molecule has 0 radical (unpaired) electrons. The van der Waals surface area contributed by atoms with Crippen molar-refractivity contribution in [2.45, 2.75) is 19.2 Å². The number of hydrogen-bond donors (Lipinski definition) is 1. The van der Waals surface area contributed by atoms with Gasteiger partial charge in [0, 0.05) is 36.2 Å². The van der Waals surface area contributed by atoms with E-state index < -0.39 is 0 Å². The summed E-state index contributed by atoms with van der Waals surface area (Å²) in [4.78, 5) is 14.8. The molecule has 0 unspecified atom stereocenters. The van der Waals surface area contributed by atoms with Crippen molar-refractivity contribution in [3.8, 4) is 11.5 Å². The van der Waals surface area contributed by atoms with Gasteiger partial charge in [-0.1, -0.05) is 23.8 Å². The Morgan fingerprint density at radius 2 is 1.81 bits per heavy atom. The summed E-state index contributed by atoms with van der Waals surface area (Å²) in [5, 5.41) is 3.01. The molecule has 1 atom stereocenters. The molecule has 26 heavy (non-hydrogen) atoms. The molecule has 0 aliphatic carbocycles. The summed E-state index contributed by atoms with van der Waals surface area (Å²) < 4.78 is 10.5. The van der Waals surface area contributed by atoms with Crippen LogP contribution in [-0.4, -0.2) is 37.4 Å². The van der Waals surface area contributed by atoms with E-state index in [0.717, 1.165) is 12.3 Å². The van der Waals surface area contributed by atoms with Crippen molar-refractivity contribution in [3.05, 3.63) is 53.1 Å². The van der Waals surface area contributed by atoms with Crippen LogP contribution in [0.2, 0.25) is 0 Å². The minimum absolute atomic E-state index is 0.0307. The first-order chi connectivity index (χ1) is 12.5. The molecular weight excluding hydrogens is 348 g/mol. The van der Waals surface area contributed by atoms with Crippen LogP contribution < -0.4 is 14.8 Å². The number of methoxy groups -OCH3 is 2. The van der Waals surface area contributed by atoms with Crippen LogP contribution in [0.25, 0.3) is 0 Å². The number of benzene rings is 2. The Hall–Kier alpha value is -2.34. The molecule has 1 heterocycles. The number of nitrogens with one attached hydrogen (secondary N) is 1. The number of hydrogen-bond acceptors (Lipinski definition) is 4. The minimum atomic E-state index is -0.115. The summed E-state index contributed by atoms with van der Waals surface area (Å²) in [6.45, 7) is 4.90. The molecule has 3 rings (SSSR count). The van der Waals surface area contributed by atoms with Crippen LogP contribution in [0.5, 0.6) is 11.5 Å². The van der Waals surface area contributed by atoms with Crippen molar-refractivity contribution in [1.82, 2.24) is 4.90 Å². The van der Waals surface area contributed by atoms with Crippen molar-refractivity contribution in [2.75, 3.05) is 31.8 Å². The van der Waals surface area contributed by atoms with Gasteiger partial charge in [-0.25, -0.2) is 4.79 Å². The first-order valence-corrected chi connectivity index (χ1v) is 9.56. The van der Waals surface area contributed by atoms with Crippen LogP contribution in [-0.2, 0) is 0 Å². The quantitative estimate of drug-likeness (QED) is 0.852. The van der Waals surface area contributed by atoms with Gasteiger partial charge < -0.3 is 19.7 Å². The average Bonchev–Trinajstić information content (AvgIpc) is 3.10.